The number of nitrogens with one attached hydrogen (secondary N) is 1. The predicted molar refractivity (Wildman–Crippen MR) is 146 cm³/mol. The molecule has 4 aromatic carbocycles. The van der Waals surface area contributed by atoms with Gasteiger partial charge in [-0.15, -0.1) is 10.2 Å². The van der Waals surface area contributed by atoms with E-state index in [-0.39, 0.29) is 50.4 Å². The molecule has 0 atom stereocenters. The van der Waals surface area contributed by atoms with Gasteiger partial charge in [0.05, 0.1) is 28.4 Å². The van der Waals surface area contributed by atoms with Gasteiger partial charge < -0.3 is 15.2 Å². The number of fused-ring (bicyclic) bond motifs is 1. The smallest absolute Gasteiger partial charge is 0.297 e. The first-order valence-corrected chi connectivity index (χ1v) is 13.4. The Hall–Kier alpha value is -3.70. The van der Waals surface area contributed by atoms with Crippen molar-refractivity contribution in [1.82, 2.24) is 0 Å². The molecule has 0 saturated heterocycles. The number of halogens is 2. The van der Waals surface area contributed by atoms with Crippen LogP contribution < -0.4 is 10.1 Å². The highest BCUT2D eigenvalue weighted by Gasteiger charge is 2.24. The number of anilines is 1. The highest BCUT2D eigenvalue weighted by atomic mass is 35.5. The maximum absolute atomic E-state index is 13.2. The number of phenolic OH excluding ortho intramolecular Hbond substituents is 1. The summed E-state index contributed by atoms with van der Waals surface area (Å²) in [5, 5.41) is 23.1. The lowest BCUT2D eigenvalue weighted by molar-refractivity contribution is 0.102. The van der Waals surface area contributed by atoms with E-state index in [0.717, 1.165) is 0 Å². The number of hydrogen-bond acceptors (Lipinski definition) is 7. The van der Waals surface area contributed by atoms with E-state index in [1.807, 2.05) is 0 Å². The number of benzene rings is 4. The zero-order valence-electron chi connectivity index (χ0n) is 20.1. The largest absolute Gasteiger partial charge is 0.505 e. The SMILES string of the molecule is CCc1ccc(Cl)c(N=Nc2c(O)c(C(=O)Nc3cccc(Cl)c3OC)cc3ccccc23)c1S(=O)(=O)O. The minimum Gasteiger partial charge on any atom is -0.505 e. The fourth-order valence-corrected chi connectivity index (χ4v) is 5.39. The van der Waals surface area contributed by atoms with Crippen molar-refractivity contribution in [3.05, 3.63) is 81.8 Å². The quantitative estimate of drug-likeness (QED) is 0.156. The normalized spacial score (nSPS) is 11.7. The Balaban J connectivity index is 1.87. The number of amides is 1. The van der Waals surface area contributed by atoms with Crippen molar-refractivity contribution in [1.29, 1.82) is 0 Å². The van der Waals surface area contributed by atoms with Gasteiger partial charge in [-0.3, -0.25) is 9.35 Å². The van der Waals surface area contributed by atoms with Crippen molar-refractivity contribution in [2.45, 2.75) is 18.2 Å². The second-order valence-corrected chi connectivity index (χ2v) is 10.2. The van der Waals surface area contributed by atoms with E-state index in [1.54, 1.807) is 49.4 Å². The zero-order chi connectivity index (χ0) is 27.6. The molecule has 4 aromatic rings. The van der Waals surface area contributed by atoms with Crippen LogP contribution >= 0.6 is 23.2 Å². The minimum atomic E-state index is -4.71. The molecule has 0 heterocycles. The van der Waals surface area contributed by atoms with Crippen molar-refractivity contribution < 1.29 is 27.6 Å². The Kier molecular flexibility index (Phi) is 7.89. The molecule has 0 fully saturated rings. The highest BCUT2D eigenvalue weighted by molar-refractivity contribution is 7.86. The van der Waals surface area contributed by atoms with Crippen molar-refractivity contribution in [2.24, 2.45) is 10.2 Å². The van der Waals surface area contributed by atoms with Crippen LogP contribution in [0, 0.1) is 0 Å². The molecule has 0 aliphatic heterocycles. The molecule has 1 amide bonds. The number of carbonyl (C=O) groups excluding carboxylic acids is 1. The number of carbonyl (C=O) groups is 1. The second-order valence-electron chi connectivity index (χ2n) is 8.03. The summed E-state index contributed by atoms with van der Waals surface area (Å²) in [4.78, 5) is 12.7. The maximum Gasteiger partial charge on any atom is 0.297 e. The molecule has 0 aliphatic carbocycles. The third-order valence-electron chi connectivity index (χ3n) is 5.71. The minimum absolute atomic E-state index is 0.0793. The molecule has 0 aliphatic rings. The van der Waals surface area contributed by atoms with E-state index in [4.69, 9.17) is 27.9 Å². The van der Waals surface area contributed by atoms with Crippen LogP contribution in [0.3, 0.4) is 0 Å². The molecule has 3 N–H and O–H groups in total. The van der Waals surface area contributed by atoms with Crippen molar-refractivity contribution >= 4 is 67.1 Å². The van der Waals surface area contributed by atoms with Crippen molar-refractivity contribution in [2.75, 3.05) is 12.4 Å². The van der Waals surface area contributed by atoms with Gasteiger partial charge in [-0.05, 0) is 41.6 Å². The molecule has 38 heavy (non-hydrogen) atoms. The lowest BCUT2D eigenvalue weighted by atomic mass is 10.0. The van der Waals surface area contributed by atoms with Gasteiger partial charge in [-0.1, -0.05) is 66.5 Å². The van der Waals surface area contributed by atoms with Gasteiger partial charge >= 0.3 is 0 Å². The summed E-state index contributed by atoms with van der Waals surface area (Å²) in [5.74, 6) is -0.956. The molecule has 9 nitrogen and oxygen atoms in total. The number of ether oxygens (including phenoxy) is 1. The van der Waals surface area contributed by atoms with E-state index >= 15 is 0 Å². The average Bonchev–Trinajstić information content (AvgIpc) is 2.87. The van der Waals surface area contributed by atoms with Crippen molar-refractivity contribution in [3.8, 4) is 11.5 Å². The zero-order valence-corrected chi connectivity index (χ0v) is 22.4. The van der Waals surface area contributed by atoms with E-state index in [0.29, 0.717) is 10.8 Å². The molecule has 0 radical (unpaired) electrons. The predicted octanol–water partition coefficient (Wildman–Crippen LogP) is 7.34. The Morgan fingerprint density at radius 3 is 2.39 bits per heavy atom. The fourth-order valence-electron chi connectivity index (χ4n) is 3.94. The fraction of sp³-hybridized carbons (Fsp3) is 0.115. The first-order chi connectivity index (χ1) is 18.1. The topological polar surface area (TPSA) is 138 Å². The number of methoxy groups -OCH3 is 1. The number of azo groups is 1. The van der Waals surface area contributed by atoms with Crippen LogP contribution in [0.4, 0.5) is 17.1 Å². The number of para-hydroxylation sites is 1. The van der Waals surface area contributed by atoms with Crippen LogP contribution in [0.15, 0.2) is 75.8 Å². The number of aryl methyl sites for hydroxylation is 1. The average molecular weight is 574 g/mol. The monoisotopic (exact) mass is 573 g/mol. The van der Waals surface area contributed by atoms with Crippen LogP contribution in [0.5, 0.6) is 11.5 Å². The molecule has 0 saturated carbocycles. The van der Waals surface area contributed by atoms with Gasteiger partial charge in [0.2, 0.25) is 0 Å². The van der Waals surface area contributed by atoms with Gasteiger partial charge in [0.1, 0.15) is 16.3 Å². The molecular formula is C26H21Cl2N3O6S. The molecule has 0 spiro atoms. The summed E-state index contributed by atoms with van der Waals surface area (Å²) in [5.41, 5.74) is 0.0226. The maximum atomic E-state index is 13.2. The van der Waals surface area contributed by atoms with Crippen LogP contribution in [0.2, 0.25) is 10.0 Å². The number of rotatable bonds is 7. The molecular weight excluding hydrogens is 553 g/mol. The first-order valence-electron chi connectivity index (χ1n) is 11.2. The molecule has 12 heteroatoms. The summed E-state index contributed by atoms with van der Waals surface area (Å²) in [6, 6.07) is 16.0. The summed E-state index contributed by atoms with van der Waals surface area (Å²) < 4.78 is 39.4. The van der Waals surface area contributed by atoms with E-state index in [2.05, 4.69) is 15.5 Å². The molecule has 196 valence electrons. The van der Waals surface area contributed by atoms with E-state index in [9.17, 15) is 22.9 Å². The number of nitrogens with zero attached hydrogens (tertiary/aromatic N) is 2. The molecule has 4 rings (SSSR count). The summed E-state index contributed by atoms with van der Waals surface area (Å²) >= 11 is 12.4. The van der Waals surface area contributed by atoms with Crippen LogP contribution in [0.1, 0.15) is 22.8 Å². The number of aromatic hydroxyl groups is 1. The van der Waals surface area contributed by atoms with Gasteiger partial charge in [-0.2, -0.15) is 8.42 Å². The van der Waals surface area contributed by atoms with Gasteiger partial charge in [0.15, 0.2) is 11.5 Å². The highest BCUT2D eigenvalue weighted by Crippen LogP contribution is 2.42. The first kappa shape index (κ1) is 27.3. The summed E-state index contributed by atoms with van der Waals surface area (Å²) in [6.45, 7) is 1.70. The van der Waals surface area contributed by atoms with E-state index in [1.165, 1.54) is 25.3 Å². The third-order valence-corrected chi connectivity index (χ3v) is 7.29. The van der Waals surface area contributed by atoms with Gasteiger partial charge in [-0.25, -0.2) is 0 Å². The van der Waals surface area contributed by atoms with Gasteiger partial charge in [0.25, 0.3) is 16.0 Å². The number of hydrogen-bond donors (Lipinski definition) is 3. The second kappa shape index (κ2) is 11.0. The Morgan fingerprint density at radius 2 is 1.71 bits per heavy atom. The number of phenols is 1. The third kappa shape index (κ3) is 5.30. The molecule has 0 aromatic heterocycles. The Labute approximate surface area is 228 Å². The Morgan fingerprint density at radius 1 is 1.00 bits per heavy atom. The van der Waals surface area contributed by atoms with Crippen LogP contribution in [0.25, 0.3) is 10.8 Å². The van der Waals surface area contributed by atoms with Crippen molar-refractivity contribution in [3.63, 3.8) is 0 Å². The molecule has 0 unspecified atom stereocenters. The molecule has 0 bridgehead atoms. The lowest BCUT2D eigenvalue weighted by Crippen LogP contribution is -2.13. The summed E-state index contributed by atoms with van der Waals surface area (Å²) in [7, 11) is -3.30. The Bertz CT molecular complexity index is 1710. The summed E-state index contributed by atoms with van der Waals surface area (Å²) in [6.07, 6.45) is 0.269. The van der Waals surface area contributed by atoms with Crippen LogP contribution in [-0.2, 0) is 16.5 Å². The lowest BCUT2D eigenvalue weighted by Gasteiger charge is -2.14. The standard InChI is InChI=1S/C26H21Cl2N3O6S/c1-3-14-11-12-18(27)22(25(14)38(34,35)36)31-30-21-16-8-5-4-7-15(16)13-17(23(21)32)26(33)29-20-10-6-9-19(28)24(20)37-2/h4-13,32H,3H2,1-2H3,(H,29,33)(H,34,35,36). The van der Waals surface area contributed by atoms with E-state index < -0.39 is 26.7 Å². The van der Waals surface area contributed by atoms with Gasteiger partial charge in [0, 0.05) is 5.39 Å². The van der Waals surface area contributed by atoms with Crippen LogP contribution in [-0.4, -0.2) is 31.1 Å².